The first-order chi connectivity index (χ1) is 9.31. The van der Waals surface area contributed by atoms with E-state index in [0.717, 1.165) is 42.3 Å². The summed E-state index contributed by atoms with van der Waals surface area (Å²) in [5.41, 5.74) is 1.25. The summed E-state index contributed by atoms with van der Waals surface area (Å²) in [5, 5.41) is 3.45. The van der Waals surface area contributed by atoms with E-state index < -0.39 is 0 Å². The largest absolute Gasteiger partial charge is 0.492 e. The molecule has 0 unspecified atom stereocenters. The summed E-state index contributed by atoms with van der Waals surface area (Å²) >= 11 is 3.61. The molecule has 0 atom stereocenters. The van der Waals surface area contributed by atoms with Crippen LogP contribution < -0.4 is 10.1 Å². The molecule has 2 rings (SSSR count). The average Bonchev–Trinajstić information content (AvgIpc) is 2.91. The van der Waals surface area contributed by atoms with Crippen LogP contribution in [0.2, 0.25) is 0 Å². The summed E-state index contributed by atoms with van der Waals surface area (Å²) in [6.07, 6.45) is 6.55. The van der Waals surface area contributed by atoms with Gasteiger partial charge in [0, 0.05) is 12.1 Å². The van der Waals surface area contributed by atoms with Gasteiger partial charge >= 0.3 is 0 Å². The highest BCUT2D eigenvalue weighted by molar-refractivity contribution is 9.10. The lowest BCUT2D eigenvalue weighted by atomic mass is 10.1. The van der Waals surface area contributed by atoms with Crippen LogP contribution in [0.1, 0.15) is 44.6 Å². The second-order valence-electron chi connectivity index (χ2n) is 5.37. The molecule has 0 amide bonds. The van der Waals surface area contributed by atoms with Crippen LogP contribution in [-0.2, 0) is 6.54 Å². The molecule has 1 aliphatic carbocycles. The van der Waals surface area contributed by atoms with Gasteiger partial charge in [-0.3, -0.25) is 0 Å². The first-order valence-corrected chi connectivity index (χ1v) is 8.21. The van der Waals surface area contributed by atoms with E-state index in [2.05, 4.69) is 46.4 Å². The smallest absolute Gasteiger partial charge is 0.137 e. The Morgan fingerprint density at radius 3 is 2.84 bits per heavy atom. The molecule has 106 valence electrons. The minimum atomic E-state index is 0.753. The van der Waals surface area contributed by atoms with E-state index in [9.17, 15) is 0 Å². The van der Waals surface area contributed by atoms with Gasteiger partial charge in [-0.2, -0.15) is 0 Å². The second kappa shape index (κ2) is 7.91. The van der Waals surface area contributed by atoms with Crippen LogP contribution >= 0.6 is 15.9 Å². The summed E-state index contributed by atoms with van der Waals surface area (Å²) in [6.45, 7) is 4.98. The molecule has 0 aromatic heterocycles. The van der Waals surface area contributed by atoms with Crippen molar-refractivity contribution in [1.29, 1.82) is 0 Å². The molecule has 3 heteroatoms. The maximum absolute atomic E-state index is 6.10. The molecular formula is C16H24BrNO. The standard InChI is InChI=1S/C16H24BrNO/c1-2-10-18-11-14-8-5-9-15(17)16(14)19-12-13-6-3-4-7-13/h5,8-9,13,18H,2-4,6-7,10-12H2,1H3. The van der Waals surface area contributed by atoms with Crippen molar-refractivity contribution in [2.45, 2.75) is 45.6 Å². The molecule has 1 N–H and O–H groups in total. The van der Waals surface area contributed by atoms with Crippen molar-refractivity contribution in [3.05, 3.63) is 28.2 Å². The zero-order chi connectivity index (χ0) is 13.5. The van der Waals surface area contributed by atoms with Crippen LogP contribution in [0.25, 0.3) is 0 Å². The first kappa shape index (κ1) is 14.9. The quantitative estimate of drug-likeness (QED) is 0.744. The van der Waals surface area contributed by atoms with E-state index >= 15 is 0 Å². The SMILES string of the molecule is CCCNCc1cccc(Br)c1OCC1CCCC1. The van der Waals surface area contributed by atoms with Crippen molar-refractivity contribution < 1.29 is 4.74 Å². The van der Waals surface area contributed by atoms with Crippen molar-refractivity contribution in [1.82, 2.24) is 5.32 Å². The highest BCUT2D eigenvalue weighted by Gasteiger charge is 2.17. The lowest BCUT2D eigenvalue weighted by molar-refractivity contribution is 0.248. The van der Waals surface area contributed by atoms with E-state index in [1.165, 1.54) is 31.2 Å². The van der Waals surface area contributed by atoms with Crippen molar-refractivity contribution >= 4 is 15.9 Å². The van der Waals surface area contributed by atoms with Gasteiger partial charge in [-0.05, 0) is 53.7 Å². The lowest BCUT2D eigenvalue weighted by Gasteiger charge is -2.16. The maximum Gasteiger partial charge on any atom is 0.137 e. The Morgan fingerprint density at radius 2 is 2.11 bits per heavy atom. The fraction of sp³-hybridized carbons (Fsp3) is 0.625. The van der Waals surface area contributed by atoms with Crippen LogP contribution in [0.5, 0.6) is 5.75 Å². The Balaban J connectivity index is 1.95. The third-order valence-corrected chi connectivity index (χ3v) is 4.35. The predicted molar refractivity (Wildman–Crippen MR) is 83.6 cm³/mol. The third-order valence-electron chi connectivity index (χ3n) is 3.73. The van der Waals surface area contributed by atoms with Crippen molar-refractivity contribution in [3.63, 3.8) is 0 Å². The molecule has 1 aromatic carbocycles. The molecule has 0 saturated heterocycles. The number of halogens is 1. The normalized spacial score (nSPS) is 15.9. The molecule has 19 heavy (non-hydrogen) atoms. The van der Waals surface area contributed by atoms with Crippen LogP contribution in [-0.4, -0.2) is 13.2 Å². The van der Waals surface area contributed by atoms with Crippen molar-refractivity contribution in [3.8, 4) is 5.75 Å². The van der Waals surface area contributed by atoms with E-state index in [0.29, 0.717) is 0 Å². The predicted octanol–water partition coefficient (Wildman–Crippen LogP) is 4.52. The van der Waals surface area contributed by atoms with E-state index in [1.54, 1.807) is 0 Å². The summed E-state index contributed by atoms with van der Waals surface area (Å²) in [7, 11) is 0. The molecule has 2 nitrogen and oxygen atoms in total. The van der Waals surface area contributed by atoms with Gasteiger partial charge in [-0.1, -0.05) is 31.9 Å². The fourth-order valence-electron chi connectivity index (χ4n) is 2.63. The van der Waals surface area contributed by atoms with Crippen LogP contribution in [0.15, 0.2) is 22.7 Å². The fourth-order valence-corrected chi connectivity index (χ4v) is 3.15. The Morgan fingerprint density at radius 1 is 1.32 bits per heavy atom. The summed E-state index contributed by atoms with van der Waals surface area (Å²) in [5.74, 6) is 1.78. The molecule has 0 spiro atoms. The van der Waals surface area contributed by atoms with Crippen molar-refractivity contribution in [2.75, 3.05) is 13.2 Å². The molecule has 0 aliphatic heterocycles. The maximum atomic E-state index is 6.10. The Labute approximate surface area is 125 Å². The Bertz CT molecular complexity index is 388. The molecule has 1 aromatic rings. The highest BCUT2D eigenvalue weighted by atomic mass is 79.9. The zero-order valence-corrected chi connectivity index (χ0v) is 13.3. The number of hydrogen-bond donors (Lipinski definition) is 1. The molecule has 0 radical (unpaired) electrons. The number of hydrogen-bond acceptors (Lipinski definition) is 2. The minimum absolute atomic E-state index is 0.753. The number of nitrogens with one attached hydrogen (secondary N) is 1. The molecule has 0 heterocycles. The van der Waals surface area contributed by atoms with Gasteiger partial charge in [-0.15, -0.1) is 0 Å². The highest BCUT2D eigenvalue weighted by Crippen LogP contribution is 2.31. The number of rotatable bonds is 7. The van der Waals surface area contributed by atoms with Crippen molar-refractivity contribution in [2.24, 2.45) is 5.92 Å². The molecule has 1 fully saturated rings. The number of ether oxygens (including phenoxy) is 1. The molecular weight excluding hydrogens is 302 g/mol. The van der Waals surface area contributed by atoms with Crippen LogP contribution in [0.4, 0.5) is 0 Å². The first-order valence-electron chi connectivity index (χ1n) is 7.42. The Kier molecular flexibility index (Phi) is 6.18. The summed E-state index contributed by atoms with van der Waals surface area (Å²) in [4.78, 5) is 0. The topological polar surface area (TPSA) is 21.3 Å². The summed E-state index contributed by atoms with van der Waals surface area (Å²) < 4.78 is 7.17. The number of benzene rings is 1. The molecule has 1 saturated carbocycles. The molecule has 0 bridgehead atoms. The zero-order valence-electron chi connectivity index (χ0n) is 11.8. The summed E-state index contributed by atoms with van der Waals surface area (Å²) in [6, 6.07) is 6.29. The third kappa shape index (κ3) is 4.50. The van der Waals surface area contributed by atoms with E-state index in [4.69, 9.17) is 4.74 Å². The van der Waals surface area contributed by atoms with E-state index in [-0.39, 0.29) is 0 Å². The van der Waals surface area contributed by atoms with Gasteiger partial charge in [0.1, 0.15) is 5.75 Å². The van der Waals surface area contributed by atoms with Gasteiger partial charge in [0.05, 0.1) is 11.1 Å². The van der Waals surface area contributed by atoms with Gasteiger partial charge in [0.2, 0.25) is 0 Å². The Hall–Kier alpha value is -0.540. The van der Waals surface area contributed by atoms with E-state index in [1.807, 2.05) is 0 Å². The minimum Gasteiger partial charge on any atom is -0.492 e. The van der Waals surface area contributed by atoms with Gasteiger partial charge in [-0.25, -0.2) is 0 Å². The van der Waals surface area contributed by atoms with Gasteiger partial charge in [0.15, 0.2) is 0 Å². The average molecular weight is 326 g/mol. The van der Waals surface area contributed by atoms with Gasteiger partial charge < -0.3 is 10.1 Å². The monoisotopic (exact) mass is 325 g/mol. The second-order valence-corrected chi connectivity index (χ2v) is 6.22. The van der Waals surface area contributed by atoms with Crippen LogP contribution in [0.3, 0.4) is 0 Å². The number of para-hydroxylation sites is 1. The lowest BCUT2D eigenvalue weighted by Crippen LogP contribution is -2.16. The molecule has 1 aliphatic rings. The van der Waals surface area contributed by atoms with Crippen LogP contribution in [0, 0.1) is 5.92 Å². The van der Waals surface area contributed by atoms with Gasteiger partial charge in [0.25, 0.3) is 0 Å².